The Bertz CT molecular complexity index is 453. The summed E-state index contributed by atoms with van der Waals surface area (Å²) >= 11 is 0. The Morgan fingerprint density at radius 3 is 2.59 bits per heavy atom. The Morgan fingerprint density at radius 1 is 1.00 bits per heavy atom. The highest BCUT2D eigenvalue weighted by atomic mass is 16.1. The summed E-state index contributed by atoms with van der Waals surface area (Å²) in [4.78, 5) is 12.5. The molecule has 4 aliphatic rings. The molecular formula is C21H34O. The van der Waals surface area contributed by atoms with E-state index in [9.17, 15) is 4.79 Å². The molecule has 4 fully saturated rings. The van der Waals surface area contributed by atoms with Crippen LogP contribution in [0.4, 0.5) is 0 Å². The summed E-state index contributed by atoms with van der Waals surface area (Å²) < 4.78 is 0. The van der Waals surface area contributed by atoms with Crippen molar-refractivity contribution in [2.45, 2.75) is 78.6 Å². The highest BCUT2D eigenvalue weighted by Gasteiger charge is 2.54. The quantitative estimate of drug-likeness (QED) is 0.627. The molecule has 0 saturated heterocycles. The molecule has 0 aromatic heterocycles. The molecule has 1 heteroatoms. The van der Waals surface area contributed by atoms with Crippen LogP contribution in [0, 0.1) is 46.8 Å². The van der Waals surface area contributed by atoms with Crippen LogP contribution < -0.4 is 0 Å². The molecule has 0 spiro atoms. The third-order valence-corrected chi connectivity index (χ3v) is 8.51. The van der Waals surface area contributed by atoms with Crippen LogP contribution in [0.15, 0.2) is 0 Å². The van der Waals surface area contributed by atoms with E-state index in [2.05, 4.69) is 20.8 Å². The van der Waals surface area contributed by atoms with Gasteiger partial charge in [-0.15, -0.1) is 0 Å². The van der Waals surface area contributed by atoms with E-state index in [-0.39, 0.29) is 0 Å². The van der Waals surface area contributed by atoms with Crippen LogP contribution in [0.2, 0.25) is 0 Å². The summed E-state index contributed by atoms with van der Waals surface area (Å²) in [6.45, 7) is 7.12. The molecule has 0 aromatic carbocycles. The Hall–Kier alpha value is -0.330. The van der Waals surface area contributed by atoms with Gasteiger partial charge in [0, 0.05) is 12.3 Å². The number of carbonyl (C=O) groups excluding carboxylic acids is 1. The van der Waals surface area contributed by atoms with Gasteiger partial charge >= 0.3 is 0 Å². The molecule has 4 rings (SSSR count). The minimum atomic E-state index is 0.372. The van der Waals surface area contributed by atoms with E-state index >= 15 is 0 Å². The number of ketones is 1. The average Bonchev–Trinajstić information content (AvgIpc) is 2.87. The first-order valence-corrected chi connectivity index (χ1v) is 10.0. The minimum Gasteiger partial charge on any atom is -0.299 e. The van der Waals surface area contributed by atoms with E-state index in [1.54, 1.807) is 0 Å². The second kappa shape index (κ2) is 5.35. The summed E-state index contributed by atoms with van der Waals surface area (Å²) in [5.41, 5.74) is 0.677. The molecule has 0 amide bonds. The summed E-state index contributed by atoms with van der Waals surface area (Å²) in [6.07, 6.45) is 12.3. The van der Waals surface area contributed by atoms with Crippen molar-refractivity contribution in [2.75, 3.05) is 0 Å². The first-order chi connectivity index (χ1) is 10.5. The normalized spacial score (nSPS) is 51.4. The van der Waals surface area contributed by atoms with E-state index in [1.165, 1.54) is 51.4 Å². The summed E-state index contributed by atoms with van der Waals surface area (Å²) in [5.74, 6) is 6.13. The number of fused-ring (bicyclic) bond motifs is 5. The van der Waals surface area contributed by atoms with Crippen LogP contribution in [0.25, 0.3) is 0 Å². The monoisotopic (exact) mass is 302 g/mol. The van der Waals surface area contributed by atoms with Gasteiger partial charge in [0.15, 0.2) is 0 Å². The second-order valence-electron chi connectivity index (χ2n) is 9.78. The van der Waals surface area contributed by atoms with Gasteiger partial charge in [-0.2, -0.15) is 0 Å². The molecule has 0 unspecified atom stereocenters. The highest BCUT2D eigenvalue weighted by Crippen LogP contribution is 2.62. The van der Waals surface area contributed by atoms with E-state index in [0.29, 0.717) is 23.0 Å². The van der Waals surface area contributed by atoms with Gasteiger partial charge in [-0.3, -0.25) is 4.79 Å². The largest absolute Gasteiger partial charge is 0.299 e. The van der Waals surface area contributed by atoms with Gasteiger partial charge in [-0.25, -0.2) is 0 Å². The minimum absolute atomic E-state index is 0.372. The Morgan fingerprint density at radius 2 is 1.82 bits per heavy atom. The van der Waals surface area contributed by atoms with Gasteiger partial charge in [0.1, 0.15) is 5.78 Å². The lowest BCUT2D eigenvalue weighted by Crippen LogP contribution is -2.49. The van der Waals surface area contributed by atoms with Gasteiger partial charge in [0.05, 0.1) is 0 Å². The smallest absolute Gasteiger partial charge is 0.136 e. The van der Waals surface area contributed by atoms with Crippen molar-refractivity contribution in [1.82, 2.24) is 0 Å². The molecule has 0 aromatic rings. The lowest BCUT2D eigenvalue weighted by Gasteiger charge is -2.55. The molecule has 0 radical (unpaired) electrons. The maximum atomic E-state index is 12.5. The molecule has 4 saturated carbocycles. The summed E-state index contributed by atoms with van der Waals surface area (Å²) in [7, 11) is 0. The first-order valence-electron chi connectivity index (χ1n) is 10.0. The molecule has 22 heavy (non-hydrogen) atoms. The third kappa shape index (κ3) is 2.21. The van der Waals surface area contributed by atoms with Gasteiger partial charge in [0.2, 0.25) is 0 Å². The van der Waals surface area contributed by atoms with Gasteiger partial charge < -0.3 is 0 Å². The van der Waals surface area contributed by atoms with Crippen LogP contribution in [-0.4, -0.2) is 5.78 Å². The molecule has 4 aliphatic carbocycles. The van der Waals surface area contributed by atoms with Crippen molar-refractivity contribution in [1.29, 1.82) is 0 Å². The van der Waals surface area contributed by atoms with Crippen LogP contribution in [0.5, 0.6) is 0 Å². The number of carbonyl (C=O) groups is 1. The fourth-order valence-corrected chi connectivity index (χ4v) is 7.33. The topological polar surface area (TPSA) is 17.1 Å². The predicted octanol–water partition coefficient (Wildman–Crippen LogP) is 5.48. The molecule has 7 atom stereocenters. The zero-order valence-electron chi connectivity index (χ0n) is 14.8. The van der Waals surface area contributed by atoms with Crippen molar-refractivity contribution in [3.05, 3.63) is 0 Å². The van der Waals surface area contributed by atoms with Crippen LogP contribution >= 0.6 is 0 Å². The Labute approximate surface area is 136 Å². The van der Waals surface area contributed by atoms with Crippen molar-refractivity contribution < 1.29 is 4.79 Å². The molecule has 1 nitrogen and oxygen atoms in total. The van der Waals surface area contributed by atoms with Crippen molar-refractivity contribution >= 4 is 5.78 Å². The molecule has 0 heterocycles. The number of hydrogen-bond donors (Lipinski definition) is 0. The van der Waals surface area contributed by atoms with Crippen LogP contribution in [0.1, 0.15) is 78.6 Å². The van der Waals surface area contributed by atoms with Crippen molar-refractivity contribution in [3.63, 3.8) is 0 Å². The Balaban J connectivity index is 1.57. The van der Waals surface area contributed by atoms with Crippen LogP contribution in [0.3, 0.4) is 0 Å². The molecule has 0 bridgehead atoms. The summed E-state index contributed by atoms with van der Waals surface area (Å²) in [6, 6.07) is 0. The molecule has 0 aliphatic heterocycles. The average molecular weight is 303 g/mol. The van der Waals surface area contributed by atoms with Gasteiger partial charge in [0.25, 0.3) is 0 Å². The standard InChI is InChI=1S/C21H34O/c1-13(2)17-12-18-14(11-20(17)22)6-7-16-15(18)8-10-21(3)9-4-5-19(16)21/h13-19H,4-12H2,1-3H3/t14-,15-,16+,17-,18-,19-,21-/m0/s1. The van der Waals surface area contributed by atoms with Crippen molar-refractivity contribution in [2.24, 2.45) is 46.8 Å². The first kappa shape index (κ1) is 15.2. The zero-order chi connectivity index (χ0) is 15.5. The fraction of sp³-hybridized carbons (Fsp3) is 0.952. The van der Waals surface area contributed by atoms with Gasteiger partial charge in [-0.05, 0) is 85.9 Å². The lowest BCUT2D eigenvalue weighted by molar-refractivity contribution is -0.135. The zero-order valence-corrected chi connectivity index (χ0v) is 14.8. The summed E-state index contributed by atoms with van der Waals surface area (Å²) in [5, 5.41) is 0. The number of Topliss-reactive ketones (excluding diaryl/α,β-unsaturated/α-hetero) is 1. The van der Waals surface area contributed by atoms with Gasteiger partial charge in [-0.1, -0.05) is 27.2 Å². The lowest BCUT2D eigenvalue weighted by atomic mass is 9.49. The molecule has 0 N–H and O–H groups in total. The van der Waals surface area contributed by atoms with E-state index in [4.69, 9.17) is 0 Å². The fourth-order valence-electron chi connectivity index (χ4n) is 7.33. The van der Waals surface area contributed by atoms with E-state index < -0.39 is 0 Å². The maximum absolute atomic E-state index is 12.5. The second-order valence-corrected chi connectivity index (χ2v) is 9.78. The third-order valence-electron chi connectivity index (χ3n) is 8.51. The van der Waals surface area contributed by atoms with Crippen LogP contribution in [-0.2, 0) is 4.79 Å². The van der Waals surface area contributed by atoms with E-state index in [1.807, 2.05) is 0 Å². The maximum Gasteiger partial charge on any atom is 0.136 e. The van der Waals surface area contributed by atoms with E-state index in [0.717, 1.165) is 36.0 Å². The highest BCUT2D eigenvalue weighted by molar-refractivity contribution is 5.82. The molecular weight excluding hydrogens is 268 g/mol. The number of hydrogen-bond acceptors (Lipinski definition) is 1. The number of rotatable bonds is 1. The predicted molar refractivity (Wildman–Crippen MR) is 90.4 cm³/mol. The SMILES string of the molecule is CC(C)[C@@H]1C[C@H]2[C@@H](CC[C@@H]3[C@@H]2CC[C@]2(C)CCC[C@@H]32)CC1=O. The Kier molecular flexibility index (Phi) is 3.70. The molecule has 124 valence electrons. The van der Waals surface area contributed by atoms with Crippen molar-refractivity contribution in [3.8, 4) is 0 Å².